The van der Waals surface area contributed by atoms with Crippen molar-refractivity contribution < 1.29 is 28.0 Å². The van der Waals surface area contributed by atoms with E-state index in [1.165, 1.54) is 212 Å². The van der Waals surface area contributed by atoms with Crippen LogP contribution in [-0.4, -0.2) is 53.1 Å². The third kappa shape index (κ3) is 43.2. The molecular weight excluding hydrogens is 731 g/mol. The number of unbranched alkanes of at least 4 members (excludes halogenated alkanes) is 38. The van der Waals surface area contributed by atoms with Gasteiger partial charge in [0.25, 0.3) is 10.1 Å². The molecule has 1 amide bonds. The standard InChI is InChI=1S/C49H99NO6S/c1-3-5-7-9-11-13-15-17-19-21-23-24-26-27-29-31-33-35-37-39-41-43-47(51)46(45-57(54,55)56)50-49(53)48(52)44-42-40-38-36-34-32-30-28-25-22-20-18-16-14-12-10-8-6-4-2/h46-48,51-52H,3-45H2,1-2H3,(H,50,53)(H,54,55,56). The molecule has 8 heteroatoms. The van der Waals surface area contributed by atoms with Crippen LogP contribution < -0.4 is 5.32 Å². The molecule has 0 bridgehead atoms. The van der Waals surface area contributed by atoms with Crippen molar-refractivity contribution in [2.24, 2.45) is 0 Å². The van der Waals surface area contributed by atoms with Crippen LogP contribution >= 0.6 is 0 Å². The van der Waals surface area contributed by atoms with E-state index in [1.54, 1.807) is 0 Å². The van der Waals surface area contributed by atoms with E-state index in [1.807, 2.05) is 0 Å². The van der Waals surface area contributed by atoms with Crippen LogP contribution in [0.3, 0.4) is 0 Å². The second kappa shape index (κ2) is 43.4. The fraction of sp³-hybridized carbons (Fsp3) is 0.980. The van der Waals surface area contributed by atoms with Gasteiger partial charge in [0.05, 0.1) is 17.9 Å². The van der Waals surface area contributed by atoms with Gasteiger partial charge in [0, 0.05) is 0 Å². The van der Waals surface area contributed by atoms with Gasteiger partial charge in [-0.2, -0.15) is 8.42 Å². The molecule has 0 aromatic carbocycles. The zero-order valence-electron chi connectivity index (χ0n) is 38.1. The van der Waals surface area contributed by atoms with Gasteiger partial charge in [-0.05, 0) is 12.8 Å². The molecule has 0 rings (SSSR count). The third-order valence-corrected chi connectivity index (χ3v) is 12.9. The lowest BCUT2D eigenvalue weighted by Crippen LogP contribution is -2.50. The van der Waals surface area contributed by atoms with Crippen molar-refractivity contribution in [1.29, 1.82) is 0 Å². The van der Waals surface area contributed by atoms with Gasteiger partial charge in [0.15, 0.2) is 0 Å². The summed E-state index contributed by atoms with van der Waals surface area (Å²) in [5, 5.41) is 23.7. The molecule has 0 spiro atoms. The Hall–Kier alpha value is -0.700. The lowest BCUT2D eigenvalue weighted by atomic mass is 10.0. The Kier molecular flexibility index (Phi) is 42.9. The number of nitrogens with one attached hydrogen (secondary N) is 1. The van der Waals surface area contributed by atoms with Crippen LogP contribution in [0.25, 0.3) is 0 Å². The van der Waals surface area contributed by atoms with Crippen molar-refractivity contribution in [3.8, 4) is 0 Å². The van der Waals surface area contributed by atoms with E-state index in [-0.39, 0.29) is 0 Å². The van der Waals surface area contributed by atoms with Gasteiger partial charge >= 0.3 is 0 Å². The van der Waals surface area contributed by atoms with E-state index < -0.39 is 40.0 Å². The number of aliphatic hydroxyl groups excluding tert-OH is 2. The van der Waals surface area contributed by atoms with Crippen LogP contribution in [0.4, 0.5) is 0 Å². The van der Waals surface area contributed by atoms with E-state index in [2.05, 4.69) is 19.2 Å². The van der Waals surface area contributed by atoms with Crippen LogP contribution in [0.2, 0.25) is 0 Å². The molecule has 342 valence electrons. The molecule has 0 fully saturated rings. The number of hydrogen-bond donors (Lipinski definition) is 4. The average molecular weight is 830 g/mol. The van der Waals surface area contributed by atoms with E-state index >= 15 is 0 Å². The van der Waals surface area contributed by atoms with Crippen LogP contribution in [-0.2, 0) is 14.9 Å². The summed E-state index contributed by atoms with van der Waals surface area (Å²) in [6, 6.07) is -1.14. The normalized spacial score (nSPS) is 13.6. The zero-order chi connectivity index (χ0) is 41.9. The number of carbonyl (C=O) groups excluding carboxylic acids is 1. The van der Waals surface area contributed by atoms with E-state index in [4.69, 9.17) is 0 Å². The fourth-order valence-corrected chi connectivity index (χ4v) is 9.05. The highest BCUT2D eigenvalue weighted by Crippen LogP contribution is 2.18. The Bertz CT molecular complexity index is 931. The Morgan fingerprint density at radius 2 is 0.632 bits per heavy atom. The number of amides is 1. The average Bonchev–Trinajstić information content (AvgIpc) is 3.18. The first-order chi connectivity index (χ1) is 27.7. The lowest BCUT2D eigenvalue weighted by Gasteiger charge is -2.24. The summed E-state index contributed by atoms with van der Waals surface area (Å²) in [6.07, 6.45) is 49.9. The maximum Gasteiger partial charge on any atom is 0.266 e. The zero-order valence-corrected chi connectivity index (χ0v) is 38.9. The van der Waals surface area contributed by atoms with Crippen molar-refractivity contribution in [2.75, 3.05) is 5.75 Å². The summed E-state index contributed by atoms with van der Waals surface area (Å²) >= 11 is 0. The Labute approximate surface area is 355 Å². The molecule has 0 saturated heterocycles. The maximum absolute atomic E-state index is 12.7. The quantitative estimate of drug-likeness (QED) is 0.0358. The van der Waals surface area contributed by atoms with Crippen LogP contribution in [0.5, 0.6) is 0 Å². The topological polar surface area (TPSA) is 124 Å². The molecule has 4 N–H and O–H groups in total. The van der Waals surface area contributed by atoms with Gasteiger partial charge < -0.3 is 15.5 Å². The van der Waals surface area contributed by atoms with Gasteiger partial charge in [0.2, 0.25) is 5.91 Å². The molecule has 3 atom stereocenters. The number of hydrogen-bond acceptors (Lipinski definition) is 5. The number of aliphatic hydroxyl groups is 2. The van der Waals surface area contributed by atoms with Crippen LogP contribution in [0, 0.1) is 0 Å². The molecule has 0 aliphatic carbocycles. The van der Waals surface area contributed by atoms with Gasteiger partial charge in [-0.15, -0.1) is 0 Å². The van der Waals surface area contributed by atoms with Crippen molar-refractivity contribution in [3.05, 3.63) is 0 Å². The van der Waals surface area contributed by atoms with E-state index in [0.29, 0.717) is 12.8 Å². The minimum absolute atomic E-state index is 0.304. The highest BCUT2D eigenvalue weighted by Gasteiger charge is 2.28. The molecule has 0 aromatic heterocycles. The van der Waals surface area contributed by atoms with Crippen molar-refractivity contribution in [3.63, 3.8) is 0 Å². The molecule has 0 aromatic rings. The molecule has 0 heterocycles. The van der Waals surface area contributed by atoms with Crippen molar-refractivity contribution in [1.82, 2.24) is 5.32 Å². The summed E-state index contributed by atoms with van der Waals surface area (Å²) in [5.41, 5.74) is 0. The third-order valence-electron chi connectivity index (χ3n) is 12.2. The molecule has 3 unspecified atom stereocenters. The van der Waals surface area contributed by atoms with Gasteiger partial charge in [-0.1, -0.05) is 271 Å². The minimum Gasteiger partial charge on any atom is -0.391 e. The molecule has 0 aliphatic rings. The predicted octanol–water partition coefficient (Wildman–Crippen LogP) is 14.5. The molecule has 57 heavy (non-hydrogen) atoms. The smallest absolute Gasteiger partial charge is 0.266 e. The first-order valence-corrected chi connectivity index (χ1v) is 26.9. The summed E-state index contributed by atoms with van der Waals surface area (Å²) in [6.45, 7) is 4.55. The highest BCUT2D eigenvalue weighted by molar-refractivity contribution is 7.85. The van der Waals surface area contributed by atoms with Gasteiger partial charge in [0.1, 0.15) is 6.10 Å². The lowest BCUT2D eigenvalue weighted by molar-refractivity contribution is -0.131. The second-order valence-electron chi connectivity index (χ2n) is 18.0. The molecule has 0 saturated carbocycles. The number of carbonyl (C=O) groups is 1. The van der Waals surface area contributed by atoms with Crippen molar-refractivity contribution in [2.45, 2.75) is 302 Å². The Morgan fingerprint density at radius 3 is 0.877 bits per heavy atom. The maximum atomic E-state index is 12.7. The molecule has 0 radical (unpaired) electrons. The first kappa shape index (κ1) is 56.3. The highest BCUT2D eigenvalue weighted by atomic mass is 32.2. The van der Waals surface area contributed by atoms with Crippen molar-refractivity contribution >= 4 is 16.0 Å². The van der Waals surface area contributed by atoms with Gasteiger partial charge in [-0.3, -0.25) is 9.35 Å². The molecule has 0 aliphatic heterocycles. The Morgan fingerprint density at radius 1 is 0.404 bits per heavy atom. The second-order valence-corrected chi connectivity index (χ2v) is 19.5. The molecule has 7 nitrogen and oxygen atoms in total. The minimum atomic E-state index is -4.41. The number of rotatable bonds is 47. The fourth-order valence-electron chi connectivity index (χ4n) is 8.29. The van der Waals surface area contributed by atoms with Crippen LogP contribution in [0.15, 0.2) is 0 Å². The summed E-state index contributed by atoms with van der Waals surface area (Å²) in [4.78, 5) is 12.7. The first-order valence-electron chi connectivity index (χ1n) is 25.3. The van der Waals surface area contributed by atoms with Gasteiger partial charge in [-0.25, -0.2) is 0 Å². The largest absolute Gasteiger partial charge is 0.391 e. The monoisotopic (exact) mass is 830 g/mol. The summed E-state index contributed by atoms with van der Waals surface area (Å²) in [7, 11) is -4.41. The van der Waals surface area contributed by atoms with E-state index in [9.17, 15) is 28.0 Å². The summed E-state index contributed by atoms with van der Waals surface area (Å²) < 4.78 is 32.8. The van der Waals surface area contributed by atoms with Crippen LogP contribution in [0.1, 0.15) is 284 Å². The summed E-state index contributed by atoms with van der Waals surface area (Å²) in [5.74, 6) is -1.44. The predicted molar refractivity (Wildman–Crippen MR) is 246 cm³/mol. The van der Waals surface area contributed by atoms with E-state index in [0.717, 1.165) is 44.9 Å². The molecular formula is C49H99NO6S. The Balaban J connectivity index is 3.82. The SMILES string of the molecule is CCCCCCCCCCCCCCCCCCCCCCCC(O)C(CS(=O)(=O)O)NC(=O)C(O)CCCCCCCCCCCCCCCCCCCCC.